The maximum absolute atomic E-state index is 8.47. The molecule has 0 aromatic carbocycles. The molecule has 0 bridgehead atoms. The second kappa shape index (κ2) is 30.7. The Morgan fingerprint density at radius 1 is 0.393 bits per heavy atom. The summed E-state index contributed by atoms with van der Waals surface area (Å²) in [4.78, 5) is 25.4. The van der Waals surface area contributed by atoms with E-state index in [1.165, 1.54) is 0 Å². The summed E-state index contributed by atoms with van der Waals surface area (Å²) in [5.41, 5.74) is 0. The molecule has 1 fully saturated rings. The van der Waals surface area contributed by atoms with E-state index in [0.29, 0.717) is 66.1 Å². The van der Waals surface area contributed by atoms with Crippen LogP contribution in [0.2, 0.25) is 0 Å². The molecule has 169 valence electrons. The molecule has 0 spiro atoms. The molecule has 0 aromatic heterocycles. The van der Waals surface area contributed by atoms with E-state index in [1.54, 1.807) is 0 Å². The summed E-state index contributed by atoms with van der Waals surface area (Å²) in [6, 6.07) is 0. The molecule has 0 atom stereocenters. The van der Waals surface area contributed by atoms with E-state index in [0.717, 1.165) is 0 Å². The summed E-state index contributed by atoms with van der Waals surface area (Å²) in [6.45, 7) is 6.11. The molecule has 1 aliphatic heterocycles. The molecule has 1 saturated heterocycles. The topological polar surface area (TPSA) is 228 Å². The van der Waals surface area contributed by atoms with Gasteiger partial charge in [0.1, 0.15) is 14.7 Å². The van der Waals surface area contributed by atoms with Gasteiger partial charge in [0.05, 0.1) is 66.1 Å². The molecule has 0 unspecified atom stereocenters. The Balaban J connectivity index is -0.000000183. The van der Waals surface area contributed by atoms with E-state index in [1.807, 2.05) is 0 Å². The van der Waals surface area contributed by atoms with Gasteiger partial charge in [0, 0.05) is 49.4 Å². The third-order valence-corrected chi connectivity index (χ3v) is 1.86. The third kappa shape index (κ3) is 73.5. The molecule has 6 N–H and O–H groups in total. The molecule has 1 rings (SSSR count). The van der Waals surface area contributed by atoms with Crippen LogP contribution in [0, 0.1) is 64.1 Å². The van der Waals surface area contributed by atoms with Gasteiger partial charge in [-0.25, -0.2) is 31.2 Å². The molecule has 0 saturated carbocycles. The van der Waals surface area contributed by atoms with Crippen LogP contribution in [-0.4, -0.2) is 113 Å². The van der Waals surface area contributed by atoms with Crippen molar-refractivity contribution in [2.24, 2.45) is 0 Å². The molecule has 1 heterocycles. The molecule has 1 radical (unpaired) electrons. The van der Waals surface area contributed by atoms with Gasteiger partial charge in [-0.2, -0.15) is 0 Å². The minimum absolute atomic E-state index is 0. The van der Waals surface area contributed by atoms with E-state index in [9.17, 15) is 0 Å². The van der Waals surface area contributed by atoms with E-state index < -0.39 is 15.3 Å². The zero-order valence-electron chi connectivity index (χ0n) is 14.7. The predicted octanol–water partition coefficient (Wildman–Crippen LogP) is -1.29. The number of ether oxygens (including phenoxy) is 5. The standard InChI is InChI=1S/C10H20O5.Eu.3H2NO3/c1-2-12-5-6-14-9-10-15-8-7-13-4-3-11-1;;3*2-1(3)4/h1-10H2;;3*(H2,2,3,4)/q;;3*+1. The third-order valence-electron chi connectivity index (χ3n) is 1.86. The van der Waals surface area contributed by atoms with Crippen LogP contribution in [0.15, 0.2) is 0 Å². The van der Waals surface area contributed by atoms with Crippen molar-refractivity contribution in [2.75, 3.05) is 66.1 Å². The van der Waals surface area contributed by atoms with Crippen molar-refractivity contribution in [1.29, 1.82) is 0 Å². The minimum atomic E-state index is -1.25. The van der Waals surface area contributed by atoms with Gasteiger partial charge in [0.2, 0.25) is 0 Å². The van der Waals surface area contributed by atoms with Crippen LogP contribution in [0.25, 0.3) is 0 Å². The average molecular weight is 564 g/mol. The molecule has 0 aromatic rings. The number of nitrogens with zero attached hydrogens (tertiary/aromatic N) is 3. The molecule has 0 aliphatic carbocycles. The Bertz CT molecular complexity index is 265. The van der Waals surface area contributed by atoms with Crippen LogP contribution < -0.4 is 0 Å². The summed E-state index contributed by atoms with van der Waals surface area (Å²) in [5.74, 6) is 0. The van der Waals surface area contributed by atoms with Crippen LogP contribution >= 0.6 is 0 Å². The van der Waals surface area contributed by atoms with Gasteiger partial charge in [0.25, 0.3) is 0 Å². The zero-order valence-corrected chi connectivity index (χ0v) is 17.2. The maximum Gasteiger partial charge on any atom is 0.472 e. The van der Waals surface area contributed by atoms with E-state index in [-0.39, 0.29) is 49.4 Å². The van der Waals surface area contributed by atoms with Gasteiger partial charge in [-0.1, -0.05) is 0 Å². The summed E-state index contributed by atoms with van der Waals surface area (Å²) in [5, 5.41) is 37.6. The first-order valence-corrected chi connectivity index (χ1v) is 7.13. The summed E-state index contributed by atoms with van der Waals surface area (Å²) >= 11 is 0. The average Bonchev–Trinajstić information content (AvgIpc) is 2.52. The second-order valence-electron chi connectivity index (χ2n) is 3.82. The molecular formula is C10H26EuN3O14+3. The first kappa shape index (κ1) is 34.5. The van der Waals surface area contributed by atoms with Crippen LogP contribution in [0.4, 0.5) is 0 Å². The number of hydrogen-bond acceptors (Lipinski definition) is 8. The molecular weight excluding hydrogens is 538 g/mol. The SMILES string of the molecule is C1COCCOCCOCCOCCO1.O=[N+](O)O.O=[N+](O)O.O=[N+](O)O.[Eu]. The van der Waals surface area contributed by atoms with Crippen molar-refractivity contribution < 1.29 is 120 Å². The summed E-state index contributed by atoms with van der Waals surface area (Å²) < 4.78 is 26.4. The molecule has 18 heteroatoms. The Labute approximate surface area is 199 Å². The monoisotopic (exact) mass is 565 g/mol. The Kier molecular flexibility index (Phi) is 37.8. The Morgan fingerprint density at radius 3 is 0.536 bits per heavy atom. The van der Waals surface area contributed by atoms with Crippen LogP contribution in [-0.2, 0) is 23.7 Å². The number of rotatable bonds is 0. The molecule has 0 amide bonds. The fourth-order valence-electron chi connectivity index (χ4n) is 1.10. The van der Waals surface area contributed by atoms with Crippen molar-refractivity contribution in [1.82, 2.24) is 0 Å². The quantitative estimate of drug-likeness (QED) is 0.188. The van der Waals surface area contributed by atoms with Gasteiger partial charge in [-0.3, -0.25) is 0 Å². The maximum atomic E-state index is 8.47. The first-order chi connectivity index (χ1) is 12.7. The van der Waals surface area contributed by atoms with Crippen LogP contribution in [0.1, 0.15) is 0 Å². The molecule has 17 nitrogen and oxygen atoms in total. The first-order valence-electron chi connectivity index (χ1n) is 7.13. The van der Waals surface area contributed by atoms with Gasteiger partial charge in [-0.05, 0) is 0 Å². The summed E-state index contributed by atoms with van der Waals surface area (Å²) in [6.07, 6.45) is 0. The predicted molar refractivity (Wildman–Crippen MR) is 75.7 cm³/mol. The van der Waals surface area contributed by atoms with Gasteiger partial charge >= 0.3 is 15.3 Å². The zero-order chi connectivity index (χ0) is 21.3. The van der Waals surface area contributed by atoms with Crippen LogP contribution in [0.3, 0.4) is 0 Å². The van der Waals surface area contributed by atoms with Crippen molar-refractivity contribution in [3.05, 3.63) is 14.7 Å². The van der Waals surface area contributed by atoms with Gasteiger partial charge in [-0.15, -0.1) is 0 Å². The largest absolute Gasteiger partial charge is 0.472 e. The Morgan fingerprint density at radius 2 is 0.464 bits per heavy atom. The number of hydrogen-bond donors (Lipinski definition) is 6. The van der Waals surface area contributed by atoms with Crippen molar-refractivity contribution >= 4 is 0 Å². The van der Waals surface area contributed by atoms with Crippen molar-refractivity contribution in [3.63, 3.8) is 0 Å². The normalized spacial score (nSPS) is 15.4. The van der Waals surface area contributed by atoms with E-state index in [2.05, 4.69) is 0 Å². The minimum Gasteiger partial charge on any atom is -0.377 e. The summed E-state index contributed by atoms with van der Waals surface area (Å²) in [7, 11) is 0. The van der Waals surface area contributed by atoms with Gasteiger partial charge < -0.3 is 23.7 Å². The second-order valence-corrected chi connectivity index (χ2v) is 3.82. The van der Waals surface area contributed by atoms with E-state index >= 15 is 0 Å². The van der Waals surface area contributed by atoms with Crippen molar-refractivity contribution in [3.8, 4) is 0 Å². The van der Waals surface area contributed by atoms with E-state index in [4.69, 9.17) is 69.6 Å². The molecule has 28 heavy (non-hydrogen) atoms. The fraction of sp³-hybridized carbons (Fsp3) is 1.00. The molecule has 1 aliphatic rings. The van der Waals surface area contributed by atoms with Crippen molar-refractivity contribution in [2.45, 2.75) is 0 Å². The van der Waals surface area contributed by atoms with Crippen LogP contribution in [0.5, 0.6) is 0 Å². The fourth-order valence-corrected chi connectivity index (χ4v) is 1.10. The smallest absolute Gasteiger partial charge is 0.377 e. The Hall–Kier alpha value is -1.02. The van der Waals surface area contributed by atoms with Gasteiger partial charge in [0.15, 0.2) is 0 Å².